The molecule has 0 unspecified atom stereocenters. The van der Waals surface area contributed by atoms with Gasteiger partial charge in [0.1, 0.15) is 17.7 Å². The van der Waals surface area contributed by atoms with E-state index in [1.807, 2.05) is 0 Å². The zero-order chi connectivity index (χ0) is 21.2. The molecule has 30 heavy (non-hydrogen) atoms. The van der Waals surface area contributed by atoms with Crippen molar-refractivity contribution in [2.24, 2.45) is 0 Å². The summed E-state index contributed by atoms with van der Waals surface area (Å²) in [6.45, 7) is 5.61. The Hall–Kier alpha value is -1.95. The first-order chi connectivity index (χ1) is 14.6. The second-order valence-corrected chi connectivity index (χ2v) is 8.74. The van der Waals surface area contributed by atoms with Crippen molar-refractivity contribution in [3.05, 3.63) is 24.0 Å². The topological polar surface area (TPSA) is 55.1 Å². The summed E-state index contributed by atoms with van der Waals surface area (Å²) in [6.07, 6.45) is 12.6. The van der Waals surface area contributed by atoms with Gasteiger partial charge in [-0.2, -0.15) is 0 Å². The first kappa shape index (κ1) is 22.7. The number of benzene rings is 1. The van der Waals surface area contributed by atoms with E-state index in [1.165, 1.54) is 50.7 Å². The average molecular weight is 419 g/mol. The summed E-state index contributed by atoms with van der Waals surface area (Å²) in [7, 11) is 0. The number of piperidine rings is 1. The molecule has 0 saturated carbocycles. The van der Waals surface area contributed by atoms with Gasteiger partial charge in [-0.1, -0.05) is 45.4 Å². The van der Waals surface area contributed by atoms with Gasteiger partial charge in [0.15, 0.2) is 5.58 Å². The van der Waals surface area contributed by atoms with Gasteiger partial charge in [0.05, 0.1) is 19.6 Å². The second kappa shape index (κ2) is 11.4. The van der Waals surface area contributed by atoms with E-state index in [1.54, 1.807) is 6.07 Å². The van der Waals surface area contributed by atoms with Crippen LogP contribution in [0.1, 0.15) is 77.6 Å². The van der Waals surface area contributed by atoms with Crippen LogP contribution in [0, 0.1) is 5.82 Å². The van der Waals surface area contributed by atoms with E-state index in [0.29, 0.717) is 23.0 Å². The number of unbranched alkanes of at least 4 members (excludes halogenated alkanes) is 6. The van der Waals surface area contributed by atoms with Gasteiger partial charge in [0, 0.05) is 12.5 Å². The van der Waals surface area contributed by atoms with Crippen LogP contribution in [0.25, 0.3) is 11.0 Å². The number of quaternary nitrogens is 1. The number of carbonyl (C=O) groups is 1. The van der Waals surface area contributed by atoms with Gasteiger partial charge in [-0.3, -0.25) is 9.28 Å². The van der Waals surface area contributed by atoms with Gasteiger partial charge in [-0.05, 0) is 43.0 Å². The molecule has 1 saturated heterocycles. The molecule has 6 heteroatoms. The maximum Gasteiger partial charge on any atom is 0.274 e. The van der Waals surface area contributed by atoms with Gasteiger partial charge < -0.3 is 9.84 Å². The standard InChI is InChI=1S/C24H36FN3O2/c1-2-3-4-5-6-7-9-12-23(29)26-15-18-28(16-10-8-11-17-28)24-21-14-13-20(25)19-22(21)30-27-24/h13-14,19H,2-12,15-18H2,1H3/p+1. The Bertz CT molecular complexity index is 799. The predicted octanol–water partition coefficient (Wildman–Crippen LogP) is 5.72. The third-order valence-corrected chi connectivity index (χ3v) is 6.41. The summed E-state index contributed by atoms with van der Waals surface area (Å²) in [4.78, 5) is 12.3. The fourth-order valence-corrected chi connectivity index (χ4v) is 4.64. The van der Waals surface area contributed by atoms with Crippen molar-refractivity contribution in [2.45, 2.75) is 77.6 Å². The fourth-order valence-electron chi connectivity index (χ4n) is 4.64. The maximum atomic E-state index is 13.5. The molecule has 1 fully saturated rings. The third kappa shape index (κ3) is 6.03. The molecule has 0 spiro atoms. The molecule has 0 aliphatic carbocycles. The van der Waals surface area contributed by atoms with Crippen molar-refractivity contribution in [3.8, 4) is 0 Å². The minimum Gasteiger partial charge on any atom is -0.351 e. The van der Waals surface area contributed by atoms with Crippen molar-refractivity contribution < 1.29 is 13.7 Å². The number of nitrogens with zero attached hydrogens (tertiary/aromatic N) is 2. The van der Waals surface area contributed by atoms with Crippen LogP contribution in [-0.2, 0) is 4.79 Å². The number of nitrogens with one attached hydrogen (secondary N) is 1. The molecule has 0 bridgehead atoms. The van der Waals surface area contributed by atoms with Crippen LogP contribution in [0.4, 0.5) is 10.2 Å². The molecule has 1 amide bonds. The van der Waals surface area contributed by atoms with Crippen LogP contribution < -0.4 is 9.80 Å². The lowest BCUT2D eigenvalue weighted by atomic mass is 10.1. The largest absolute Gasteiger partial charge is 0.351 e. The number of amides is 1. The number of aromatic nitrogens is 1. The summed E-state index contributed by atoms with van der Waals surface area (Å²) in [5, 5.41) is 8.33. The molecule has 3 rings (SSSR count). The summed E-state index contributed by atoms with van der Waals surface area (Å²) in [5.41, 5.74) is 0.496. The van der Waals surface area contributed by atoms with Gasteiger partial charge in [0.25, 0.3) is 5.82 Å². The Balaban J connectivity index is 1.50. The quantitative estimate of drug-likeness (QED) is 0.354. The lowest BCUT2D eigenvalue weighted by Crippen LogP contribution is -2.56. The molecule has 1 N–H and O–H groups in total. The lowest BCUT2D eigenvalue weighted by molar-refractivity contribution is -0.121. The zero-order valence-electron chi connectivity index (χ0n) is 18.4. The summed E-state index contributed by atoms with van der Waals surface area (Å²) >= 11 is 0. The summed E-state index contributed by atoms with van der Waals surface area (Å²) in [5.74, 6) is 0.713. The van der Waals surface area contributed by atoms with Crippen molar-refractivity contribution in [1.29, 1.82) is 0 Å². The molecule has 1 aromatic carbocycles. The van der Waals surface area contributed by atoms with E-state index in [2.05, 4.69) is 17.4 Å². The number of halogens is 1. The molecule has 2 heterocycles. The molecular weight excluding hydrogens is 381 g/mol. The van der Waals surface area contributed by atoms with Gasteiger partial charge in [0.2, 0.25) is 5.91 Å². The van der Waals surface area contributed by atoms with Crippen LogP contribution in [0.5, 0.6) is 0 Å². The highest BCUT2D eigenvalue weighted by Crippen LogP contribution is 2.34. The first-order valence-corrected chi connectivity index (χ1v) is 11.8. The highest BCUT2D eigenvalue weighted by molar-refractivity contribution is 5.87. The van der Waals surface area contributed by atoms with Crippen LogP contribution in [0.15, 0.2) is 22.7 Å². The smallest absolute Gasteiger partial charge is 0.274 e. The molecule has 1 aliphatic heterocycles. The second-order valence-electron chi connectivity index (χ2n) is 8.74. The predicted molar refractivity (Wildman–Crippen MR) is 120 cm³/mol. The van der Waals surface area contributed by atoms with E-state index in [9.17, 15) is 9.18 Å². The molecule has 1 aliphatic rings. The van der Waals surface area contributed by atoms with E-state index < -0.39 is 0 Å². The van der Waals surface area contributed by atoms with Gasteiger partial charge in [-0.25, -0.2) is 4.39 Å². The Morgan fingerprint density at radius 1 is 1.10 bits per heavy atom. The lowest BCUT2D eigenvalue weighted by Gasteiger charge is -2.39. The molecule has 166 valence electrons. The van der Waals surface area contributed by atoms with Crippen LogP contribution in [-0.4, -0.2) is 37.2 Å². The highest BCUT2D eigenvalue weighted by Gasteiger charge is 2.37. The first-order valence-electron chi connectivity index (χ1n) is 11.8. The van der Waals surface area contributed by atoms with Gasteiger partial charge in [-0.15, -0.1) is 0 Å². The molecule has 2 aromatic rings. The van der Waals surface area contributed by atoms with Crippen LogP contribution in [0.3, 0.4) is 0 Å². The zero-order valence-corrected chi connectivity index (χ0v) is 18.4. The number of rotatable bonds is 12. The number of carbonyl (C=O) groups excluding carboxylic acids is 1. The molecular formula is C24H37FN3O2+. The van der Waals surface area contributed by atoms with E-state index >= 15 is 0 Å². The number of fused-ring (bicyclic) bond motifs is 1. The molecule has 0 atom stereocenters. The molecule has 5 nitrogen and oxygen atoms in total. The third-order valence-electron chi connectivity index (χ3n) is 6.41. The minimum absolute atomic E-state index is 0.144. The van der Waals surface area contributed by atoms with Crippen LogP contribution in [0.2, 0.25) is 0 Å². The molecule has 0 radical (unpaired) electrons. The number of hydrogen-bond donors (Lipinski definition) is 1. The normalized spacial score (nSPS) is 16.1. The Labute approximate surface area is 179 Å². The van der Waals surface area contributed by atoms with Crippen molar-refractivity contribution in [1.82, 2.24) is 15.0 Å². The van der Waals surface area contributed by atoms with Crippen molar-refractivity contribution in [2.75, 3.05) is 26.2 Å². The van der Waals surface area contributed by atoms with E-state index in [0.717, 1.165) is 56.5 Å². The van der Waals surface area contributed by atoms with E-state index in [-0.39, 0.29) is 11.7 Å². The van der Waals surface area contributed by atoms with Crippen molar-refractivity contribution >= 4 is 22.7 Å². The Morgan fingerprint density at radius 2 is 1.83 bits per heavy atom. The van der Waals surface area contributed by atoms with Crippen molar-refractivity contribution in [3.63, 3.8) is 0 Å². The van der Waals surface area contributed by atoms with Gasteiger partial charge >= 0.3 is 0 Å². The number of hydrogen-bond acceptors (Lipinski definition) is 3. The Morgan fingerprint density at radius 3 is 2.60 bits per heavy atom. The SMILES string of the molecule is CCCCCCCCCC(=O)NCC[N+]1(c2noc3cc(F)ccc23)CCCCC1. The average Bonchev–Trinajstić information content (AvgIpc) is 3.17. The van der Waals surface area contributed by atoms with E-state index in [4.69, 9.17) is 4.52 Å². The minimum atomic E-state index is -0.312. The summed E-state index contributed by atoms with van der Waals surface area (Å²) < 4.78 is 19.7. The molecule has 1 aromatic heterocycles. The summed E-state index contributed by atoms with van der Waals surface area (Å²) in [6, 6.07) is 4.63. The maximum absolute atomic E-state index is 13.5. The monoisotopic (exact) mass is 418 g/mol. The number of likely N-dealkylation sites (tertiary alicyclic amines) is 1. The highest BCUT2D eigenvalue weighted by atomic mass is 19.1. The Kier molecular flexibility index (Phi) is 8.67. The fraction of sp³-hybridized carbons (Fsp3) is 0.667. The van der Waals surface area contributed by atoms with Crippen LogP contribution >= 0.6 is 0 Å².